The van der Waals surface area contributed by atoms with Gasteiger partial charge in [-0.3, -0.25) is 4.79 Å². The monoisotopic (exact) mass is 251 g/mol. The molecule has 1 saturated carbocycles. The highest BCUT2D eigenvalue weighted by molar-refractivity contribution is 5.85. The minimum absolute atomic E-state index is 0.0646. The van der Waals surface area contributed by atoms with Crippen LogP contribution in [0.2, 0.25) is 0 Å². The SMILES string of the molecule is CNC(=O)C1C(c2ccccc2)C1c1ccccc1. The zero-order valence-corrected chi connectivity index (χ0v) is 10.9. The second-order valence-electron chi connectivity index (χ2n) is 5.01. The fourth-order valence-electron chi connectivity index (χ4n) is 2.98. The Morgan fingerprint density at radius 3 is 1.63 bits per heavy atom. The molecule has 96 valence electrons. The van der Waals surface area contributed by atoms with Crippen molar-refractivity contribution in [1.82, 2.24) is 5.32 Å². The Hall–Kier alpha value is -2.09. The van der Waals surface area contributed by atoms with E-state index in [2.05, 4.69) is 29.6 Å². The molecule has 0 heterocycles. The molecule has 2 unspecified atom stereocenters. The van der Waals surface area contributed by atoms with Crippen molar-refractivity contribution in [2.24, 2.45) is 5.92 Å². The van der Waals surface area contributed by atoms with Crippen molar-refractivity contribution < 1.29 is 4.79 Å². The van der Waals surface area contributed by atoms with Gasteiger partial charge in [0.1, 0.15) is 0 Å². The summed E-state index contributed by atoms with van der Waals surface area (Å²) in [5.74, 6) is 0.824. The Morgan fingerprint density at radius 1 is 0.842 bits per heavy atom. The third-order valence-electron chi connectivity index (χ3n) is 3.94. The van der Waals surface area contributed by atoms with Crippen LogP contribution in [0.4, 0.5) is 0 Å². The Balaban J connectivity index is 1.93. The van der Waals surface area contributed by atoms with Gasteiger partial charge in [0.15, 0.2) is 0 Å². The summed E-state index contributed by atoms with van der Waals surface area (Å²) in [4.78, 5) is 12.0. The third-order valence-corrected chi connectivity index (χ3v) is 3.94. The highest BCUT2D eigenvalue weighted by Crippen LogP contribution is 2.60. The van der Waals surface area contributed by atoms with Crippen LogP contribution in [0.1, 0.15) is 23.0 Å². The van der Waals surface area contributed by atoms with E-state index < -0.39 is 0 Å². The number of benzene rings is 2. The van der Waals surface area contributed by atoms with E-state index in [4.69, 9.17) is 0 Å². The summed E-state index contributed by atoms with van der Waals surface area (Å²) in [5, 5.41) is 2.79. The maximum atomic E-state index is 12.0. The van der Waals surface area contributed by atoms with Gasteiger partial charge in [0.2, 0.25) is 5.91 Å². The van der Waals surface area contributed by atoms with E-state index in [1.807, 2.05) is 36.4 Å². The Labute approximate surface area is 113 Å². The molecule has 2 heteroatoms. The topological polar surface area (TPSA) is 29.1 Å². The third kappa shape index (κ3) is 2.14. The molecule has 0 saturated heterocycles. The fraction of sp³-hybridized carbons (Fsp3) is 0.235. The molecule has 1 fully saturated rings. The minimum Gasteiger partial charge on any atom is -0.359 e. The van der Waals surface area contributed by atoms with Crippen molar-refractivity contribution in [3.05, 3.63) is 71.8 Å². The van der Waals surface area contributed by atoms with Crippen molar-refractivity contribution in [3.63, 3.8) is 0 Å². The molecule has 0 spiro atoms. The summed E-state index contributed by atoms with van der Waals surface area (Å²) in [5.41, 5.74) is 2.51. The molecule has 0 bridgehead atoms. The van der Waals surface area contributed by atoms with Gasteiger partial charge in [0.05, 0.1) is 5.92 Å². The van der Waals surface area contributed by atoms with Crippen LogP contribution in [0.25, 0.3) is 0 Å². The van der Waals surface area contributed by atoms with Gasteiger partial charge in [-0.2, -0.15) is 0 Å². The molecule has 2 aromatic rings. The number of carbonyl (C=O) groups excluding carboxylic acids is 1. The summed E-state index contributed by atoms with van der Waals surface area (Å²) in [6.45, 7) is 0. The predicted molar refractivity (Wildman–Crippen MR) is 75.9 cm³/mol. The number of carbonyl (C=O) groups is 1. The van der Waals surface area contributed by atoms with Gasteiger partial charge in [-0.05, 0) is 11.1 Å². The van der Waals surface area contributed by atoms with Gasteiger partial charge in [-0.15, -0.1) is 0 Å². The van der Waals surface area contributed by atoms with Gasteiger partial charge in [0, 0.05) is 18.9 Å². The lowest BCUT2D eigenvalue weighted by molar-refractivity contribution is -0.122. The largest absolute Gasteiger partial charge is 0.359 e. The molecule has 1 aliphatic rings. The van der Waals surface area contributed by atoms with E-state index in [1.54, 1.807) is 7.05 Å². The lowest BCUT2D eigenvalue weighted by Crippen LogP contribution is -2.20. The van der Waals surface area contributed by atoms with Crippen LogP contribution < -0.4 is 5.32 Å². The average Bonchev–Trinajstić information content (AvgIpc) is 3.24. The zero-order valence-electron chi connectivity index (χ0n) is 10.9. The van der Waals surface area contributed by atoms with Crippen LogP contribution in [-0.4, -0.2) is 13.0 Å². The van der Waals surface area contributed by atoms with Crippen LogP contribution in [0.3, 0.4) is 0 Å². The average molecular weight is 251 g/mol. The molecule has 2 atom stereocenters. The van der Waals surface area contributed by atoms with Gasteiger partial charge >= 0.3 is 0 Å². The molecule has 2 nitrogen and oxygen atoms in total. The minimum atomic E-state index is 0.0646. The summed E-state index contributed by atoms with van der Waals surface area (Å²) < 4.78 is 0. The molecule has 1 N–H and O–H groups in total. The van der Waals surface area contributed by atoms with E-state index in [-0.39, 0.29) is 11.8 Å². The van der Waals surface area contributed by atoms with Gasteiger partial charge in [-0.1, -0.05) is 60.7 Å². The van der Waals surface area contributed by atoms with Crippen molar-refractivity contribution in [3.8, 4) is 0 Å². The standard InChI is InChI=1S/C17H17NO/c1-18-17(19)16-14(12-8-4-2-5-9-12)15(16)13-10-6-3-7-11-13/h2-11,14-16H,1H3,(H,18,19). The normalized spacial score (nSPS) is 24.8. The van der Waals surface area contributed by atoms with E-state index in [0.29, 0.717) is 11.8 Å². The van der Waals surface area contributed by atoms with Crippen LogP contribution in [-0.2, 0) is 4.79 Å². The summed E-state index contributed by atoms with van der Waals surface area (Å²) in [7, 11) is 1.71. The fourth-order valence-corrected chi connectivity index (χ4v) is 2.98. The summed E-state index contributed by atoms with van der Waals surface area (Å²) in [6.07, 6.45) is 0. The Bertz CT molecular complexity index is 519. The lowest BCUT2D eigenvalue weighted by atomic mass is 10.0. The molecule has 0 aromatic heterocycles. The quantitative estimate of drug-likeness (QED) is 0.893. The number of amides is 1. The molecule has 1 amide bonds. The number of hydrogen-bond donors (Lipinski definition) is 1. The molecule has 0 aliphatic heterocycles. The summed E-state index contributed by atoms with van der Waals surface area (Å²) in [6, 6.07) is 20.6. The van der Waals surface area contributed by atoms with Crippen molar-refractivity contribution in [2.45, 2.75) is 11.8 Å². The smallest absolute Gasteiger partial charge is 0.224 e. The highest BCUT2D eigenvalue weighted by atomic mass is 16.2. The number of hydrogen-bond acceptors (Lipinski definition) is 1. The van der Waals surface area contributed by atoms with Crippen molar-refractivity contribution >= 4 is 5.91 Å². The zero-order chi connectivity index (χ0) is 13.2. The van der Waals surface area contributed by atoms with Crippen LogP contribution in [0.5, 0.6) is 0 Å². The van der Waals surface area contributed by atoms with E-state index in [1.165, 1.54) is 11.1 Å². The Kier molecular flexibility index (Phi) is 3.08. The summed E-state index contributed by atoms with van der Waals surface area (Å²) >= 11 is 0. The van der Waals surface area contributed by atoms with Crippen LogP contribution in [0.15, 0.2) is 60.7 Å². The van der Waals surface area contributed by atoms with Gasteiger partial charge in [-0.25, -0.2) is 0 Å². The van der Waals surface area contributed by atoms with Crippen LogP contribution >= 0.6 is 0 Å². The van der Waals surface area contributed by atoms with Crippen molar-refractivity contribution in [1.29, 1.82) is 0 Å². The second kappa shape index (κ2) is 4.88. The number of nitrogens with one attached hydrogen (secondary N) is 1. The maximum Gasteiger partial charge on any atom is 0.224 e. The molecule has 3 rings (SSSR count). The first-order valence-electron chi connectivity index (χ1n) is 6.64. The first-order valence-corrected chi connectivity index (χ1v) is 6.64. The molecule has 0 radical (unpaired) electrons. The molecule has 2 aromatic carbocycles. The number of rotatable bonds is 3. The maximum absolute atomic E-state index is 12.0. The predicted octanol–water partition coefficient (Wildman–Crippen LogP) is 2.93. The first kappa shape index (κ1) is 12.0. The molecular weight excluding hydrogens is 234 g/mol. The van der Waals surface area contributed by atoms with E-state index in [9.17, 15) is 4.79 Å². The van der Waals surface area contributed by atoms with Crippen molar-refractivity contribution in [2.75, 3.05) is 7.05 Å². The first-order chi connectivity index (χ1) is 9.33. The van der Waals surface area contributed by atoms with Gasteiger partial charge < -0.3 is 5.32 Å². The van der Waals surface area contributed by atoms with Gasteiger partial charge in [0.25, 0.3) is 0 Å². The Morgan fingerprint density at radius 2 is 1.26 bits per heavy atom. The highest BCUT2D eigenvalue weighted by Gasteiger charge is 2.55. The van der Waals surface area contributed by atoms with E-state index in [0.717, 1.165) is 0 Å². The molecular formula is C17H17NO. The van der Waals surface area contributed by atoms with Crippen LogP contribution in [0, 0.1) is 5.92 Å². The molecule has 1 aliphatic carbocycles. The lowest BCUT2D eigenvalue weighted by Gasteiger charge is -1.99. The second-order valence-corrected chi connectivity index (χ2v) is 5.01. The molecule has 19 heavy (non-hydrogen) atoms. The van der Waals surface area contributed by atoms with E-state index >= 15 is 0 Å².